The Balaban J connectivity index is -0.00000000167. The van der Waals surface area contributed by atoms with Crippen LogP contribution in [0.15, 0.2) is 0 Å². The first kappa shape index (κ1) is 22.9. The van der Waals surface area contributed by atoms with E-state index in [1.54, 1.807) is 0 Å². The summed E-state index contributed by atoms with van der Waals surface area (Å²) >= 11 is 3.08. The van der Waals surface area contributed by atoms with Crippen molar-refractivity contribution in [2.75, 3.05) is 0 Å². The summed E-state index contributed by atoms with van der Waals surface area (Å²) in [6.07, 6.45) is 0. The minimum atomic E-state index is 0. The molecule has 0 bridgehead atoms. The molecule has 0 aromatic heterocycles. The minimum absolute atomic E-state index is 0. The second-order valence-corrected chi connectivity index (χ2v) is 0. The first-order valence-electron chi connectivity index (χ1n) is 0.183. The molecule has 0 aliphatic rings. The maximum atomic E-state index is 6.58. The van der Waals surface area contributed by atoms with Gasteiger partial charge in [0.25, 0.3) is 0 Å². The summed E-state index contributed by atoms with van der Waals surface area (Å²) < 4.78 is 6.58. The van der Waals surface area contributed by atoms with Gasteiger partial charge in [0.05, 0.1) is 0 Å². The van der Waals surface area contributed by atoms with Gasteiger partial charge in [-0.3, -0.25) is 0 Å². The molecule has 0 saturated heterocycles. The topological polar surface area (TPSA) is 20.2 Å². The van der Waals surface area contributed by atoms with Gasteiger partial charge in [-0.15, -0.1) is 0 Å². The van der Waals surface area contributed by atoms with Crippen LogP contribution in [-0.4, -0.2) is 4.55 Å². The largest absolute Gasteiger partial charge is 0.628 e. The summed E-state index contributed by atoms with van der Waals surface area (Å²) in [5.74, 6) is 0. The molecule has 0 saturated carbocycles. The molecule has 1 radical (unpaired) electrons. The van der Waals surface area contributed by atoms with Crippen molar-refractivity contribution in [1.29, 1.82) is 0 Å². The van der Waals surface area contributed by atoms with Crippen LogP contribution in [0.3, 0.4) is 0 Å². The van der Waals surface area contributed by atoms with E-state index in [1.807, 2.05) is 0 Å². The van der Waals surface area contributed by atoms with Gasteiger partial charge in [-0.25, -0.2) is 0 Å². The molecule has 0 rings (SSSR count). The van der Waals surface area contributed by atoms with Crippen molar-refractivity contribution >= 4 is 12.9 Å². The van der Waals surface area contributed by atoms with Crippen LogP contribution in [0.2, 0.25) is 0 Å². The van der Waals surface area contributed by atoms with Gasteiger partial charge < -0.3 is 17.5 Å². The van der Waals surface area contributed by atoms with Gasteiger partial charge in [0.1, 0.15) is 0 Å². The fourth-order valence-electron chi connectivity index (χ4n) is 0. The Hall–Kier alpha value is 4.18. The summed E-state index contributed by atoms with van der Waals surface area (Å²) in [7, 11) is 0. The van der Waals surface area contributed by atoms with Crippen LogP contribution in [-0.2, 0) is 45.6 Å². The Morgan fingerprint density at radius 3 is 1.20 bits per heavy atom. The van der Waals surface area contributed by atoms with Crippen molar-refractivity contribution < 1.29 is 121 Å². The summed E-state index contributed by atoms with van der Waals surface area (Å²) in [4.78, 5) is 0. The van der Waals surface area contributed by atoms with Crippen LogP contribution in [0.5, 0.6) is 0 Å². The molecule has 5 heteroatoms. The molecule has 0 atom stereocenters. The number of hydrogen-bond acceptors (Lipinski definition) is 2. The molecule has 0 aliphatic heterocycles. The van der Waals surface area contributed by atoms with Crippen molar-refractivity contribution in [3.63, 3.8) is 0 Å². The van der Waals surface area contributed by atoms with Crippen molar-refractivity contribution in [2.24, 2.45) is 0 Å². The zero-order valence-corrected chi connectivity index (χ0v) is 9.21. The maximum Gasteiger partial charge on any atom is 0 e. The first-order valence-corrected chi connectivity index (χ1v) is 0.548. The SMILES string of the molecule is O[S-].[Er].[Y].[Yb]. The van der Waals surface area contributed by atoms with E-state index in [0.717, 1.165) is 0 Å². The third-order valence-corrected chi connectivity index (χ3v) is 0. The van der Waals surface area contributed by atoms with Crippen LogP contribution in [0.1, 0.15) is 0 Å². The molecule has 1 nitrogen and oxygen atoms in total. The van der Waals surface area contributed by atoms with Gasteiger partial charge in [-0.2, -0.15) is 0 Å². The molecule has 0 spiro atoms. The molecule has 0 unspecified atom stereocenters. The summed E-state index contributed by atoms with van der Waals surface area (Å²) in [5.41, 5.74) is 0. The summed E-state index contributed by atoms with van der Waals surface area (Å²) in [5, 5.41) is 0. The van der Waals surface area contributed by atoms with Gasteiger partial charge in [0.15, 0.2) is 0 Å². The van der Waals surface area contributed by atoms with Gasteiger partial charge in [-0.05, 0) is 0 Å². The monoisotopic (exact) mass is 478 g/mol. The van der Waals surface area contributed by atoms with Crippen molar-refractivity contribution in [2.45, 2.75) is 0 Å². The predicted molar refractivity (Wildman–Crippen MR) is 9.99 cm³/mol. The molecule has 0 aliphatic carbocycles. The van der Waals surface area contributed by atoms with Gasteiger partial charge in [0.2, 0.25) is 0 Å². The van der Waals surface area contributed by atoms with Crippen molar-refractivity contribution in [3.05, 3.63) is 0 Å². The Morgan fingerprint density at radius 2 is 1.20 bits per heavy atom. The fourth-order valence-corrected chi connectivity index (χ4v) is 0. The van der Waals surface area contributed by atoms with Crippen LogP contribution < -0.4 is 0 Å². The Kier molecular flexibility index (Phi) is 111. The molecule has 0 aromatic rings. The van der Waals surface area contributed by atoms with E-state index in [9.17, 15) is 0 Å². The van der Waals surface area contributed by atoms with Gasteiger partial charge in [-0.1, -0.05) is 0 Å². The number of rotatable bonds is 0. The molecule has 5 heavy (non-hydrogen) atoms. The molecule has 0 fully saturated rings. The maximum absolute atomic E-state index is 6.58. The normalized spacial score (nSPS) is 1.20. The quantitative estimate of drug-likeness (QED) is 0.496. The average molecular weight is 478 g/mol. The smallest absolute Gasteiger partial charge is 0 e. The Morgan fingerprint density at radius 1 is 1.20 bits per heavy atom. The van der Waals surface area contributed by atoms with Crippen LogP contribution >= 0.6 is 0 Å². The average Bonchev–Trinajstić information content (AvgIpc) is 1.00. The number of hydrogen-bond donors (Lipinski definition) is 1. The minimum Gasteiger partial charge on any atom is -0.628 e. The third kappa shape index (κ3) is 17.9. The summed E-state index contributed by atoms with van der Waals surface area (Å²) in [6.45, 7) is 0. The Bertz CT molecular complexity index is 11.6. The molecule has 1 N–H and O–H groups in total. The van der Waals surface area contributed by atoms with Gasteiger partial charge in [0, 0.05) is 117 Å². The van der Waals surface area contributed by atoms with E-state index >= 15 is 0 Å². The molecule has 43 valence electrons. The zero-order valence-electron chi connectivity index (χ0n) is 1.99. The van der Waals surface area contributed by atoms with Crippen LogP contribution in [0.4, 0.5) is 0 Å². The van der Waals surface area contributed by atoms with Crippen LogP contribution in [0, 0.1) is 84.2 Å². The van der Waals surface area contributed by atoms with E-state index < -0.39 is 0 Å². The molecule has 0 heterocycles. The van der Waals surface area contributed by atoms with E-state index in [1.165, 1.54) is 0 Å². The molecule has 0 amide bonds. The van der Waals surface area contributed by atoms with E-state index in [0.29, 0.717) is 0 Å². The first-order chi connectivity index (χ1) is 1.00. The third-order valence-electron chi connectivity index (χ3n) is 0. The van der Waals surface area contributed by atoms with Crippen LogP contribution in [0.25, 0.3) is 0 Å². The summed E-state index contributed by atoms with van der Waals surface area (Å²) in [6, 6.07) is 0. The van der Waals surface area contributed by atoms with E-state index in [4.69, 9.17) is 4.55 Å². The van der Waals surface area contributed by atoms with E-state index in [-0.39, 0.29) is 117 Å². The zero-order chi connectivity index (χ0) is 2.00. The molecular formula is HErOSYYb-. The molecular weight excluding hydrogens is 477 g/mol. The van der Waals surface area contributed by atoms with Gasteiger partial charge >= 0.3 is 0 Å². The fraction of sp³-hybridized carbons (Fsp3) is 0. The van der Waals surface area contributed by atoms with E-state index in [2.05, 4.69) is 12.9 Å². The standard InChI is InChI=1S/Er.H2OS.Y.Yb/c;1-2;;/h;1-2H;;/p-1. The second-order valence-electron chi connectivity index (χ2n) is 0. The second kappa shape index (κ2) is 24.1. The Labute approximate surface area is 130 Å². The van der Waals surface area contributed by atoms with Crippen molar-refractivity contribution in [3.8, 4) is 0 Å². The molecule has 0 aromatic carbocycles. The van der Waals surface area contributed by atoms with Crippen molar-refractivity contribution in [1.82, 2.24) is 0 Å². The predicted octanol–water partition coefficient (Wildman–Crippen LogP) is 0.00380.